The summed E-state index contributed by atoms with van der Waals surface area (Å²) in [4.78, 5) is 25.2. The van der Waals surface area contributed by atoms with Gasteiger partial charge in [-0.25, -0.2) is 9.89 Å². The van der Waals surface area contributed by atoms with Crippen LogP contribution in [0, 0.1) is 6.92 Å². The summed E-state index contributed by atoms with van der Waals surface area (Å²) in [6, 6.07) is 19.7. The topological polar surface area (TPSA) is 130 Å². The highest BCUT2D eigenvalue weighted by Gasteiger charge is 2.15. The lowest BCUT2D eigenvalue weighted by molar-refractivity contribution is -0.139. The van der Waals surface area contributed by atoms with Gasteiger partial charge in [0.15, 0.2) is 12.4 Å². The molecule has 0 aliphatic rings. The Kier molecular flexibility index (Phi) is 6.65. The lowest BCUT2D eigenvalue weighted by Crippen LogP contribution is -2.13. The number of hydrogen-bond donors (Lipinski definition) is 3. The number of tetrazole rings is 1. The number of H-pyrrole nitrogens is 1. The molecule has 4 rings (SSSR count). The number of carbonyl (C=O) groups excluding carboxylic acids is 1. The fourth-order valence-corrected chi connectivity index (χ4v) is 4.23. The predicted molar refractivity (Wildman–Crippen MR) is 122 cm³/mol. The van der Waals surface area contributed by atoms with Crippen LogP contribution in [0.2, 0.25) is 0 Å². The summed E-state index contributed by atoms with van der Waals surface area (Å²) in [6.07, 6.45) is 0. The van der Waals surface area contributed by atoms with Crippen molar-refractivity contribution >= 4 is 29.3 Å². The average molecular weight is 462 g/mol. The Morgan fingerprint density at radius 1 is 1.03 bits per heavy atom. The molecule has 0 aliphatic heterocycles. The van der Waals surface area contributed by atoms with Crippen LogP contribution in [0.1, 0.15) is 15.9 Å². The van der Waals surface area contributed by atoms with E-state index in [2.05, 4.69) is 25.9 Å². The molecule has 4 aromatic rings. The van der Waals surface area contributed by atoms with Crippen molar-refractivity contribution in [1.82, 2.24) is 20.6 Å². The minimum Gasteiger partial charge on any atom is -0.482 e. The van der Waals surface area contributed by atoms with Crippen molar-refractivity contribution < 1.29 is 19.4 Å². The van der Waals surface area contributed by atoms with Gasteiger partial charge in [-0.05, 0) is 65.4 Å². The van der Waals surface area contributed by atoms with E-state index in [0.29, 0.717) is 22.8 Å². The van der Waals surface area contributed by atoms with Gasteiger partial charge in [-0.15, -0.1) is 5.10 Å². The molecule has 1 aromatic heterocycles. The predicted octanol–water partition coefficient (Wildman–Crippen LogP) is 4.04. The lowest BCUT2D eigenvalue weighted by Gasteiger charge is -2.14. The molecule has 9 nitrogen and oxygen atoms in total. The summed E-state index contributed by atoms with van der Waals surface area (Å²) in [7, 11) is 0. The molecule has 0 unspecified atom stereocenters. The largest absolute Gasteiger partial charge is 0.482 e. The quantitative estimate of drug-likeness (QED) is 0.358. The number of aryl methyl sites for hydroxylation is 1. The van der Waals surface area contributed by atoms with Gasteiger partial charge in [0.2, 0.25) is 0 Å². The van der Waals surface area contributed by atoms with Crippen LogP contribution in [-0.4, -0.2) is 44.2 Å². The first-order chi connectivity index (χ1) is 16.0. The van der Waals surface area contributed by atoms with Gasteiger partial charge in [0.1, 0.15) is 5.75 Å². The van der Waals surface area contributed by atoms with E-state index in [4.69, 9.17) is 9.84 Å². The first-order valence-corrected chi connectivity index (χ1v) is 10.7. The second-order valence-electron chi connectivity index (χ2n) is 6.96. The molecule has 0 radical (unpaired) electrons. The molecule has 33 heavy (non-hydrogen) atoms. The molecular formula is C23H19N5O4S. The highest BCUT2D eigenvalue weighted by atomic mass is 32.2. The van der Waals surface area contributed by atoms with Crippen molar-refractivity contribution in [3.63, 3.8) is 0 Å². The Balaban J connectivity index is 1.54. The first-order valence-electron chi connectivity index (χ1n) is 9.88. The zero-order valence-corrected chi connectivity index (χ0v) is 18.3. The standard InChI is InChI=1S/C23H19N5O4S/c1-14-5-4-8-19(21(14)22-25-27-28-26-22)33-18-7-3-2-6-17(18)24-23(31)15-9-11-16(12-10-15)32-13-20(29)30/h2-12H,13H2,1H3,(H,24,31)(H,29,30)(H,25,26,27,28). The summed E-state index contributed by atoms with van der Waals surface area (Å²) in [6.45, 7) is 1.54. The van der Waals surface area contributed by atoms with Crippen LogP contribution in [0.3, 0.4) is 0 Å². The number of amides is 1. The molecule has 0 bridgehead atoms. The molecule has 0 spiro atoms. The molecule has 0 saturated heterocycles. The number of benzene rings is 3. The number of aromatic nitrogens is 4. The number of carboxylic acids is 1. The second-order valence-corrected chi connectivity index (χ2v) is 8.04. The Labute approximate surface area is 193 Å². The maximum atomic E-state index is 12.8. The average Bonchev–Trinajstić information content (AvgIpc) is 3.34. The number of hydrogen-bond acceptors (Lipinski definition) is 7. The van der Waals surface area contributed by atoms with Crippen molar-refractivity contribution in [1.29, 1.82) is 0 Å². The minimum absolute atomic E-state index is 0.295. The Hall–Kier alpha value is -4.18. The molecule has 166 valence electrons. The summed E-state index contributed by atoms with van der Waals surface area (Å²) in [5.74, 6) is -0.417. The van der Waals surface area contributed by atoms with E-state index in [1.165, 1.54) is 11.8 Å². The minimum atomic E-state index is -1.07. The number of carbonyl (C=O) groups is 2. The number of aliphatic carboxylic acids is 1. The fourth-order valence-electron chi connectivity index (χ4n) is 3.11. The number of aromatic amines is 1. The zero-order valence-electron chi connectivity index (χ0n) is 17.5. The third kappa shape index (κ3) is 5.36. The third-order valence-corrected chi connectivity index (χ3v) is 5.79. The Morgan fingerprint density at radius 2 is 1.79 bits per heavy atom. The number of para-hydroxylation sites is 1. The summed E-state index contributed by atoms with van der Waals surface area (Å²) in [5.41, 5.74) is 2.99. The van der Waals surface area contributed by atoms with Gasteiger partial charge in [0.05, 0.1) is 5.69 Å². The van der Waals surface area contributed by atoms with Gasteiger partial charge < -0.3 is 15.2 Å². The molecular weight excluding hydrogens is 442 g/mol. The molecule has 1 amide bonds. The van der Waals surface area contributed by atoms with Gasteiger partial charge in [-0.1, -0.05) is 36.0 Å². The summed E-state index contributed by atoms with van der Waals surface area (Å²) >= 11 is 1.50. The number of nitrogens with one attached hydrogen (secondary N) is 2. The van der Waals surface area contributed by atoms with E-state index in [-0.39, 0.29) is 5.91 Å². The lowest BCUT2D eigenvalue weighted by atomic mass is 10.1. The summed E-state index contributed by atoms with van der Waals surface area (Å²) < 4.78 is 5.11. The molecule has 10 heteroatoms. The maximum absolute atomic E-state index is 12.8. The maximum Gasteiger partial charge on any atom is 0.341 e. The van der Waals surface area contributed by atoms with Crippen LogP contribution in [0.15, 0.2) is 76.5 Å². The molecule has 0 fully saturated rings. The van der Waals surface area contributed by atoms with E-state index < -0.39 is 12.6 Å². The van der Waals surface area contributed by atoms with Crippen molar-refractivity contribution in [2.45, 2.75) is 16.7 Å². The number of carboxylic acid groups (broad SMARTS) is 1. The van der Waals surface area contributed by atoms with Crippen LogP contribution in [0.5, 0.6) is 5.75 Å². The highest BCUT2D eigenvalue weighted by Crippen LogP contribution is 2.39. The second kappa shape index (κ2) is 9.96. The van der Waals surface area contributed by atoms with Crippen LogP contribution >= 0.6 is 11.8 Å². The SMILES string of the molecule is Cc1cccc(Sc2ccccc2NC(=O)c2ccc(OCC(=O)O)cc2)c1-c1nnn[nH]1. The Morgan fingerprint density at radius 3 is 2.52 bits per heavy atom. The fraction of sp³-hybridized carbons (Fsp3) is 0.0870. The van der Waals surface area contributed by atoms with Crippen LogP contribution in [-0.2, 0) is 4.79 Å². The molecule has 0 saturated carbocycles. The van der Waals surface area contributed by atoms with E-state index in [1.807, 2.05) is 49.4 Å². The molecule has 1 heterocycles. The smallest absolute Gasteiger partial charge is 0.341 e. The van der Waals surface area contributed by atoms with Crippen molar-refractivity contribution in [3.8, 4) is 17.1 Å². The van der Waals surface area contributed by atoms with Crippen LogP contribution in [0.25, 0.3) is 11.4 Å². The van der Waals surface area contributed by atoms with Gasteiger partial charge in [-0.2, -0.15) is 0 Å². The van der Waals surface area contributed by atoms with Crippen molar-refractivity contribution in [2.24, 2.45) is 0 Å². The third-order valence-electron chi connectivity index (χ3n) is 4.65. The number of anilines is 1. The number of rotatable bonds is 8. The highest BCUT2D eigenvalue weighted by molar-refractivity contribution is 7.99. The van der Waals surface area contributed by atoms with Gasteiger partial charge >= 0.3 is 5.97 Å². The van der Waals surface area contributed by atoms with Crippen molar-refractivity contribution in [3.05, 3.63) is 77.9 Å². The van der Waals surface area contributed by atoms with E-state index >= 15 is 0 Å². The zero-order chi connectivity index (χ0) is 23.2. The van der Waals surface area contributed by atoms with Gasteiger partial charge in [0.25, 0.3) is 5.91 Å². The van der Waals surface area contributed by atoms with E-state index in [0.717, 1.165) is 20.9 Å². The molecule has 0 atom stereocenters. The summed E-state index contributed by atoms with van der Waals surface area (Å²) in [5, 5.41) is 25.9. The first kappa shape index (κ1) is 22.0. The normalized spacial score (nSPS) is 10.6. The number of ether oxygens (including phenoxy) is 1. The van der Waals surface area contributed by atoms with Crippen molar-refractivity contribution in [2.75, 3.05) is 11.9 Å². The Bertz CT molecular complexity index is 1280. The number of nitrogens with zero attached hydrogens (tertiary/aromatic N) is 3. The van der Waals surface area contributed by atoms with E-state index in [1.54, 1.807) is 24.3 Å². The molecule has 3 aromatic carbocycles. The van der Waals surface area contributed by atoms with Crippen LogP contribution in [0.4, 0.5) is 5.69 Å². The van der Waals surface area contributed by atoms with Crippen LogP contribution < -0.4 is 10.1 Å². The van der Waals surface area contributed by atoms with E-state index in [9.17, 15) is 9.59 Å². The molecule has 0 aliphatic carbocycles. The monoisotopic (exact) mass is 461 g/mol. The van der Waals surface area contributed by atoms with Gasteiger partial charge in [0, 0.05) is 20.9 Å². The van der Waals surface area contributed by atoms with Gasteiger partial charge in [-0.3, -0.25) is 4.79 Å². The molecule has 3 N–H and O–H groups in total.